The van der Waals surface area contributed by atoms with Crippen LogP contribution in [0.5, 0.6) is 5.75 Å². The van der Waals surface area contributed by atoms with Gasteiger partial charge in [-0.2, -0.15) is 0 Å². The second-order valence-electron chi connectivity index (χ2n) is 3.74. The highest BCUT2D eigenvalue weighted by molar-refractivity contribution is 8.13. The molecule has 20 heavy (non-hydrogen) atoms. The number of thioether (sulfide) groups is 1. The minimum absolute atomic E-state index is 0. The van der Waals surface area contributed by atoms with Crippen molar-refractivity contribution in [2.24, 2.45) is 10.7 Å². The largest absolute Gasteiger partial charge is 0.493 e. The third-order valence-corrected chi connectivity index (χ3v) is 3.11. The summed E-state index contributed by atoms with van der Waals surface area (Å²) >= 11 is 1.48. The van der Waals surface area contributed by atoms with Crippen LogP contribution in [0.25, 0.3) is 0 Å². The lowest BCUT2D eigenvalue weighted by molar-refractivity contribution is 0.344. The molecule has 0 saturated carbocycles. The van der Waals surface area contributed by atoms with Gasteiger partial charge in [0.2, 0.25) is 0 Å². The van der Waals surface area contributed by atoms with Crippen LogP contribution in [-0.2, 0) is 6.54 Å². The van der Waals surface area contributed by atoms with Gasteiger partial charge in [0.05, 0.1) is 19.4 Å². The first-order chi connectivity index (χ1) is 9.34. The van der Waals surface area contributed by atoms with Gasteiger partial charge >= 0.3 is 0 Å². The number of para-hydroxylation sites is 1. The van der Waals surface area contributed by atoms with E-state index in [1.54, 1.807) is 6.26 Å². The van der Waals surface area contributed by atoms with Gasteiger partial charge in [-0.25, -0.2) is 0 Å². The summed E-state index contributed by atoms with van der Waals surface area (Å²) in [6.45, 7) is 1.08. The van der Waals surface area contributed by atoms with E-state index in [0.717, 1.165) is 17.3 Å². The van der Waals surface area contributed by atoms with Gasteiger partial charge in [0, 0.05) is 5.75 Å². The molecule has 0 unspecified atom stereocenters. The van der Waals surface area contributed by atoms with Gasteiger partial charge in [-0.3, -0.25) is 4.99 Å². The summed E-state index contributed by atoms with van der Waals surface area (Å²) in [5, 5.41) is 0.549. The van der Waals surface area contributed by atoms with E-state index in [-0.39, 0.29) is 12.4 Å². The van der Waals surface area contributed by atoms with Crippen molar-refractivity contribution in [3.8, 4) is 5.75 Å². The molecule has 0 radical (unpaired) electrons. The van der Waals surface area contributed by atoms with E-state index >= 15 is 0 Å². The molecular formula is C14H17ClN2O2S. The average molecular weight is 313 g/mol. The van der Waals surface area contributed by atoms with Crippen LogP contribution < -0.4 is 10.5 Å². The van der Waals surface area contributed by atoms with Crippen molar-refractivity contribution < 1.29 is 9.15 Å². The molecule has 2 aromatic rings. The molecular weight excluding hydrogens is 296 g/mol. The first kappa shape index (κ1) is 16.5. The van der Waals surface area contributed by atoms with Gasteiger partial charge in [-0.05, 0) is 24.3 Å². The summed E-state index contributed by atoms with van der Waals surface area (Å²) in [7, 11) is 0. The molecule has 1 aromatic carbocycles. The molecule has 0 fully saturated rings. The van der Waals surface area contributed by atoms with Crippen LogP contribution >= 0.6 is 24.2 Å². The number of aliphatic imine (C=N–C) groups is 1. The fourth-order valence-electron chi connectivity index (χ4n) is 1.43. The average Bonchev–Trinajstić information content (AvgIpc) is 2.96. The Labute approximate surface area is 128 Å². The molecule has 0 atom stereocenters. The smallest absolute Gasteiger partial charge is 0.154 e. The Kier molecular flexibility index (Phi) is 7.69. The normalized spacial score (nSPS) is 10.9. The Morgan fingerprint density at radius 3 is 2.70 bits per heavy atom. The lowest BCUT2D eigenvalue weighted by Crippen LogP contribution is -2.10. The number of hydrogen-bond donors (Lipinski definition) is 1. The maximum absolute atomic E-state index is 5.79. The van der Waals surface area contributed by atoms with Crippen molar-refractivity contribution >= 4 is 29.3 Å². The lowest BCUT2D eigenvalue weighted by Gasteiger charge is -2.05. The Bertz CT molecular complexity index is 503. The fraction of sp³-hybridized carbons (Fsp3) is 0.214. The van der Waals surface area contributed by atoms with Crippen molar-refractivity contribution in [1.29, 1.82) is 0 Å². The third-order valence-electron chi connectivity index (χ3n) is 2.32. The van der Waals surface area contributed by atoms with E-state index in [2.05, 4.69) is 4.99 Å². The lowest BCUT2D eigenvalue weighted by atomic mass is 10.3. The molecule has 1 heterocycles. The van der Waals surface area contributed by atoms with Crippen LogP contribution in [0.2, 0.25) is 0 Å². The molecule has 0 aliphatic heterocycles. The maximum Gasteiger partial charge on any atom is 0.154 e. The van der Waals surface area contributed by atoms with Gasteiger partial charge in [-0.15, -0.1) is 12.4 Å². The van der Waals surface area contributed by atoms with E-state index in [4.69, 9.17) is 14.9 Å². The topological polar surface area (TPSA) is 60.8 Å². The second-order valence-corrected chi connectivity index (χ2v) is 4.86. The van der Waals surface area contributed by atoms with Crippen molar-refractivity contribution in [3.05, 3.63) is 54.5 Å². The third kappa shape index (κ3) is 6.04. The minimum atomic E-state index is 0. The van der Waals surface area contributed by atoms with Crippen LogP contribution in [0.3, 0.4) is 0 Å². The number of nitrogens with zero attached hydrogens (tertiary/aromatic N) is 1. The molecule has 1 aromatic heterocycles. The first-order valence-electron chi connectivity index (χ1n) is 5.97. The van der Waals surface area contributed by atoms with Crippen LogP contribution in [0.1, 0.15) is 5.76 Å². The first-order valence-corrected chi connectivity index (χ1v) is 6.96. The summed E-state index contributed by atoms with van der Waals surface area (Å²) in [5.41, 5.74) is 5.79. The Morgan fingerprint density at radius 1 is 1.20 bits per heavy atom. The molecule has 0 spiro atoms. The minimum Gasteiger partial charge on any atom is -0.493 e. The number of benzene rings is 1. The summed E-state index contributed by atoms with van der Waals surface area (Å²) in [5.74, 6) is 2.45. The second kappa shape index (κ2) is 9.34. The summed E-state index contributed by atoms with van der Waals surface area (Å²) in [6, 6.07) is 13.4. The Hall–Kier alpha value is -1.59. The molecule has 0 aliphatic carbocycles. The monoisotopic (exact) mass is 312 g/mol. The number of furan rings is 1. The van der Waals surface area contributed by atoms with Crippen LogP contribution in [-0.4, -0.2) is 17.5 Å². The van der Waals surface area contributed by atoms with Crippen LogP contribution in [0, 0.1) is 0 Å². The number of ether oxygens (including phenoxy) is 1. The van der Waals surface area contributed by atoms with Gasteiger partial charge in [0.15, 0.2) is 5.17 Å². The number of amidine groups is 1. The Morgan fingerprint density at radius 2 is 2.00 bits per heavy atom. The van der Waals surface area contributed by atoms with Crippen molar-refractivity contribution in [1.82, 2.24) is 0 Å². The highest BCUT2D eigenvalue weighted by Crippen LogP contribution is 2.10. The highest BCUT2D eigenvalue weighted by Gasteiger charge is 1.97. The maximum atomic E-state index is 5.79. The summed E-state index contributed by atoms with van der Waals surface area (Å²) < 4.78 is 10.7. The van der Waals surface area contributed by atoms with Crippen molar-refractivity contribution in [2.75, 3.05) is 12.4 Å². The van der Waals surface area contributed by atoms with E-state index in [9.17, 15) is 0 Å². The number of nitrogens with two attached hydrogens (primary N) is 1. The molecule has 0 aliphatic rings. The van der Waals surface area contributed by atoms with E-state index in [0.29, 0.717) is 18.3 Å². The zero-order valence-corrected chi connectivity index (χ0v) is 12.5. The molecule has 0 bridgehead atoms. The molecule has 2 rings (SSSR count). The van der Waals surface area contributed by atoms with E-state index in [1.165, 1.54) is 11.8 Å². The van der Waals surface area contributed by atoms with Gasteiger partial charge in [-0.1, -0.05) is 30.0 Å². The molecule has 4 nitrogen and oxygen atoms in total. The van der Waals surface area contributed by atoms with Gasteiger partial charge < -0.3 is 14.9 Å². The van der Waals surface area contributed by atoms with E-state index in [1.807, 2.05) is 42.5 Å². The molecule has 0 amide bonds. The van der Waals surface area contributed by atoms with Gasteiger partial charge in [0.1, 0.15) is 11.5 Å². The molecule has 108 valence electrons. The number of hydrogen-bond acceptors (Lipinski definition) is 4. The number of rotatable bonds is 6. The molecule has 0 saturated heterocycles. The number of halogens is 1. The van der Waals surface area contributed by atoms with Gasteiger partial charge in [0.25, 0.3) is 0 Å². The SMILES string of the molecule is Cl.NC(=NCc1ccco1)SCCOc1ccccc1. The summed E-state index contributed by atoms with van der Waals surface area (Å²) in [6.07, 6.45) is 1.63. The van der Waals surface area contributed by atoms with E-state index < -0.39 is 0 Å². The van der Waals surface area contributed by atoms with Crippen molar-refractivity contribution in [3.63, 3.8) is 0 Å². The highest BCUT2D eigenvalue weighted by atomic mass is 35.5. The molecule has 6 heteroatoms. The van der Waals surface area contributed by atoms with Crippen molar-refractivity contribution in [2.45, 2.75) is 6.54 Å². The predicted molar refractivity (Wildman–Crippen MR) is 85.7 cm³/mol. The predicted octanol–water partition coefficient (Wildman–Crippen LogP) is 3.33. The standard InChI is InChI=1S/C14H16N2O2S.ClH/c15-14(16-11-13-7-4-8-17-13)19-10-9-18-12-5-2-1-3-6-12;/h1-8H,9-11H2,(H2,15,16);1H. The Balaban J connectivity index is 0.00000200. The molecule has 2 N–H and O–H groups in total. The summed E-state index contributed by atoms with van der Waals surface area (Å²) in [4.78, 5) is 4.22. The fourth-order valence-corrected chi connectivity index (χ4v) is 1.96. The zero-order valence-electron chi connectivity index (χ0n) is 10.9. The van der Waals surface area contributed by atoms with Crippen LogP contribution in [0.15, 0.2) is 58.1 Å². The zero-order chi connectivity index (χ0) is 13.3. The van der Waals surface area contributed by atoms with Crippen LogP contribution in [0.4, 0.5) is 0 Å². The quantitative estimate of drug-likeness (QED) is 0.505.